The molecule has 342 valence electrons. The van der Waals surface area contributed by atoms with Crippen molar-refractivity contribution in [1.82, 2.24) is 29.7 Å². The molecule has 1 unspecified atom stereocenters. The van der Waals surface area contributed by atoms with Crippen LogP contribution in [0.3, 0.4) is 0 Å². The molecule has 0 saturated carbocycles. The number of imide groups is 1. The Hall–Kier alpha value is -5.99. The Morgan fingerprint density at radius 3 is 2.49 bits per heavy atom. The van der Waals surface area contributed by atoms with Crippen LogP contribution in [0, 0.1) is 0 Å². The van der Waals surface area contributed by atoms with E-state index < -0.39 is 6.04 Å². The molecule has 1 atom stereocenters. The minimum Gasteiger partial charge on any atom is -0.496 e. The summed E-state index contributed by atoms with van der Waals surface area (Å²) >= 11 is 1.79. The molecule has 3 aromatic carbocycles. The van der Waals surface area contributed by atoms with Crippen molar-refractivity contribution in [2.45, 2.75) is 88.1 Å². The van der Waals surface area contributed by atoms with E-state index in [0.717, 1.165) is 82.1 Å². The first-order valence-corrected chi connectivity index (χ1v) is 23.8. The van der Waals surface area contributed by atoms with Crippen LogP contribution in [0.1, 0.15) is 91.5 Å². The summed E-state index contributed by atoms with van der Waals surface area (Å²) in [6.45, 7) is 6.74. The predicted molar refractivity (Wildman–Crippen MR) is 259 cm³/mol. The first kappa shape index (κ1) is 47.0. The number of likely N-dealkylation sites (N-methyl/N-ethyl adjacent to an activating group) is 2. The molecule has 0 aliphatic carbocycles. The van der Waals surface area contributed by atoms with Crippen molar-refractivity contribution in [1.29, 1.82) is 0 Å². The number of methoxy groups -OCH3 is 1. The highest BCUT2D eigenvalue weighted by molar-refractivity contribution is 7.99. The lowest BCUT2D eigenvalue weighted by atomic mass is 10.0. The van der Waals surface area contributed by atoms with Crippen LogP contribution >= 0.6 is 11.8 Å². The van der Waals surface area contributed by atoms with E-state index in [1.165, 1.54) is 44.6 Å². The van der Waals surface area contributed by atoms with Crippen LogP contribution in [-0.2, 0) is 34.4 Å². The number of nitrogens with zero attached hydrogens (tertiary/aromatic N) is 6. The maximum atomic E-state index is 13.1. The van der Waals surface area contributed by atoms with Gasteiger partial charge in [0.05, 0.1) is 24.2 Å². The predicted octanol–water partition coefficient (Wildman–Crippen LogP) is 8.40. The van der Waals surface area contributed by atoms with E-state index in [0.29, 0.717) is 42.2 Å². The highest BCUT2D eigenvalue weighted by atomic mass is 32.2. The molecule has 2 aromatic heterocycles. The largest absolute Gasteiger partial charge is 0.496 e. The van der Waals surface area contributed by atoms with Gasteiger partial charge in [-0.1, -0.05) is 69.4 Å². The van der Waals surface area contributed by atoms with Gasteiger partial charge in [0, 0.05) is 97.5 Å². The topological polar surface area (TPSA) is 142 Å². The van der Waals surface area contributed by atoms with Crippen molar-refractivity contribution in [3.05, 3.63) is 108 Å². The number of aromatic nitrogens is 3. The lowest BCUT2D eigenvalue weighted by Crippen LogP contribution is -2.52. The van der Waals surface area contributed by atoms with Gasteiger partial charge >= 0.3 is 0 Å². The number of para-hydroxylation sites is 1. The molecule has 4 heterocycles. The number of thioether (sulfide) groups is 1. The third-order valence-corrected chi connectivity index (χ3v) is 13.7. The zero-order valence-electron chi connectivity index (χ0n) is 38.2. The van der Waals surface area contributed by atoms with E-state index in [1.807, 2.05) is 56.6 Å². The molecule has 0 bridgehead atoms. The number of amides is 4. The Labute approximate surface area is 387 Å². The monoisotopic (exact) mass is 898 g/mol. The molecule has 7 rings (SSSR count). The van der Waals surface area contributed by atoms with Crippen LogP contribution in [0.25, 0.3) is 22.2 Å². The second kappa shape index (κ2) is 22.3. The number of hydrogen-bond acceptors (Lipinski definition) is 10. The minimum atomic E-state index is -0.589. The van der Waals surface area contributed by atoms with Gasteiger partial charge in [-0.15, -0.1) is 11.8 Å². The van der Waals surface area contributed by atoms with Gasteiger partial charge in [0.1, 0.15) is 17.6 Å². The van der Waals surface area contributed by atoms with Crippen LogP contribution in [0.15, 0.2) is 90.6 Å². The smallest absolute Gasteiger partial charge is 0.255 e. The number of nitrogens with one attached hydrogen (secondary N) is 2. The molecule has 2 aliphatic rings. The number of benzene rings is 3. The number of fused-ring (bicyclic) bond motifs is 2. The molecule has 5 aromatic rings. The van der Waals surface area contributed by atoms with E-state index in [-0.39, 0.29) is 30.0 Å². The fourth-order valence-electron chi connectivity index (χ4n) is 8.86. The highest BCUT2D eigenvalue weighted by Crippen LogP contribution is 2.37. The highest BCUT2D eigenvalue weighted by Gasteiger charge is 2.39. The number of ether oxygens (including phenoxy) is 1. The number of anilines is 2. The average Bonchev–Trinajstić information content (AvgIpc) is 3.83. The summed E-state index contributed by atoms with van der Waals surface area (Å²) in [5.41, 5.74) is 7.11. The molecule has 14 heteroatoms. The minimum absolute atomic E-state index is 0.121. The van der Waals surface area contributed by atoms with Crippen molar-refractivity contribution < 1.29 is 23.9 Å². The quantitative estimate of drug-likeness (QED) is 0.0284. The van der Waals surface area contributed by atoms with Crippen LogP contribution in [0.5, 0.6) is 5.75 Å². The van der Waals surface area contributed by atoms with E-state index in [2.05, 4.69) is 68.0 Å². The van der Waals surface area contributed by atoms with Crippen molar-refractivity contribution in [2.24, 2.45) is 7.05 Å². The molecule has 65 heavy (non-hydrogen) atoms. The molecule has 0 spiro atoms. The van der Waals surface area contributed by atoms with Gasteiger partial charge in [-0.2, -0.15) is 0 Å². The number of hydrogen-bond donors (Lipinski definition) is 2. The molecule has 13 nitrogen and oxygen atoms in total. The molecule has 2 aliphatic heterocycles. The van der Waals surface area contributed by atoms with Crippen LogP contribution in [0.4, 0.5) is 11.4 Å². The van der Waals surface area contributed by atoms with Gasteiger partial charge in [0.2, 0.25) is 17.7 Å². The summed E-state index contributed by atoms with van der Waals surface area (Å²) in [6, 6.07) is 19.4. The first-order valence-electron chi connectivity index (χ1n) is 22.8. The lowest BCUT2D eigenvalue weighted by molar-refractivity contribution is -0.137. The number of carbonyl (C=O) groups excluding carboxylic acids is 4. The van der Waals surface area contributed by atoms with Crippen molar-refractivity contribution in [2.75, 3.05) is 56.8 Å². The van der Waals surface area contributed by atoms with Crippen molar-refractivity contribution in [3.63, 3.8) is 0 Å². The summed E-state index contributed by atoms with van der Waals surface area (Å²) in [5, 5.41) is 6.54. The molecule has 0 radical (unpaired) electrons. The molecular weight excluding hydrogens is 837 g/mol. The number of unbranched alkanes of at least 4 members (excludes halogenated alkanes) is 7. The van der Waals surface area contributed by atoms with E-state index >= 15 is 0 Å². The van der Waals surface area contributed by atoms with Crippen LogP contribution < -0.4 is 20.3 Å². The second-order valence-corrected chi connectivity index (χ2v) is 18.3. The number of aryl methyl sites for hydroxylation is 1. The summed E-state index contributed by atoms with van der Waals surface area (Å²) in [5.74, 6) is 1.29. The summed E-state index contributed by atoms with van der Waals surface area (Å²) in [7, 11) is 7.91. The molecule has 4 amide bonds. The Kier molecular flexibility index (Phi) is 16.1. The van der Waals surface area contributed by atoms with Gasteiger partial charge < -0.3 is 29.3 Å². The van der Waals surface area contributed by atoms with Crippen molar-refractivity contribution in [3.8, 4) is 17.0 Å². The van der Waals surface area contributed by atoms with Crippen molar-refractivity contribution >= 4 is 57.7 Å². The fraction of sp³-hybridized carbons (Fsp3) is 0.412. The normalized spacial score (nSPS) is 14.8. The van der Waals surface area contributed by atoms with Gasteiger partial charge in [-0.3, -0.25) is 24.5 Å². The van der Waals surface area contributed by atoms with Crippen LogP contribution in [-0.4, -0.2) is 101 Å². The number of rotatable bonds is 23. The Balaban J connectivity index is 0.815. The Morgan fingerprint density at radius 2 is 1.72 bits per heavy atom. The molecular formula is C51H62N8O5S. The summed E-state index contributed by atoms with van der Waals surface area (Å²) in [4.78, 5) is 66.7. The van der Waals surface area contributed by atoms with E-state index in [4.69, 9.17) is 9.72 Å². The third-order valence-electron chi connectivity index (χ3n) is 12.5. The van der Waals surface area contributed by atoms with Gasteiger partial charge in [0.15, 0.2) is 0 Å². The summed E-state index contributed by atoms with van der Waals surface area (Å²) < 4.78 is 8.02. The zero-order chi connectivity index (χ0) is 45.9. The average molecular weight is 899 g/mol. The standard InChI is InChI=1S/C51H62N8O5S/c1-6-48(60)54-41-30-35(31-47-52-25-24-40(53-47)38-33-58(4)42-20-14-13-18-36(38)42)45(64-5)32-44(41)57(3)28-27-56(2)26-15-11-9-7-8-10-12-16-29-65-46-21-17-19-37-39(46)34-59(51(37)63)43-22-23-49(61)55-50(43)62/h6,13-14,17-21,24-25,30,32-33,43H,1,7-12,15-16,22-23,26-29,31,34H2,2-5H3,(H,54,60)(H,55,61,62). The van der Waals surface area contributed by atoms with Crippen LogP contribution in [0.2, 0.25) is 0 Å². The fourth-order valence-corrected chi connectivity index (χ4v) is 9.96. The SMILES string of the molecule is C=CC(=O)Nc1cc(Cc2nccc(-c3cn(C)c4ccccc34)n2)c(OC)cc1N(C)CCN(C)CCCCCCCCCCSc1cccc2c1CN(C1CCC(=O)NC1=O)C2=O. The van der Waals surface area contributed by atoms with E-state index in [9.17, 15) is 19.2 Å². The molecule has 1 saturated heterocycles. The Morgan fingerprint density at radius 1 is 0.954 bits per heavy atom. The maximum absolute atomic E-state index is 13.1. The van der Waals surface area contributed by atoms with Gasteiger partial charge in [-0.05, 0) is 80.6 Å². The maximum Gasteiger partial charge on any atom is 0.255 e. The third kappa shape index (κ3) is 11.6. The summed E-state index contributed by atoms with van der Waals surface area (Å²) in [6.07, 6.45) is 15.8. The molecule has 2 N–H and O–H groups in total. The lowest BCUT2D eigenvalue weighted by Gasteiger charge is -2.29. The second-order valence-electron chi connectivity index (χ2n) is 17.2. The molecule has 1 fully saturated rings. The van der Waals surface area contributed by atoms with E-state index in [1.54, 1.807) is 30.0 Å². The number of carbonyl (C=O) groups is 4. The zero-order valence-corrected chi connectivity index (χ0v) is 39.1. The Bertz CT molecular complexity index is 2520. The first-order chi connectivity index (χ1) is 31.5. The van der Waals surface area contributed by atoms with Gasteiger partial charge in [-0.25, -0.2) is 9.97 Å². The van der Waals surface area contributed by atoms with Gasteiger partial charge in [0.25, 0.3) is 5.91 Å². The number of piperidine rings is 1.